The summed E-state index contributed by atoms with van der Waals surface area (Å²) >= 11 is 0. The van der Waals surface area contributed by atoms with E-state index in [1.807, 2.05) is 12.4 Å². The van der Waals surface area contributed by atoms with Crippen LogP contribution in [0.3, 0.4) is 0 Å². The molecule has 2 atom stereocenters. The van der Waals surface area contributed by atoms with Gasteiger partial charge in [-0.05, 0) is 30.5 Å². The number of likely N-dealkylation sites (tertiary alicyclic amines) is 1. The van der Waals surface area contributed by atoms with Crippen molar-refractivity contribution >= 4 is 11.0 Å². The van der Waals surface area contributed by atoms with Gasteiger partial charge < -0.3 is 9.30 Å². The van der Waals surface area contributed by atoms with Crippen LogP contribution in [0.15, 0.2) is 54.9 Å². The van der Waals surface area contributed by atoms with Gasteiger partial charge in [0.15, 0.2) is 0 Å². The van der Waals surface area contributed by atoms with Crippen LogP contribution in [0.2, 0.25) is 0 Å². The molecule has 2 heterocycles. The molecule has 2 aromatic carbocycles. The van der Waals surface area contributed by atoms with E-state index >= 15 is 0 Å². The second-order valence-electron chi connectivity index (χ2n) is 7.69. The molecule has 1 aliphatic heterocycles. The minimum absolute atomic E-state index is 0.139. The summed E-state index contributed by atoms with van der Waals surface area (Å²) in [4.78, 5) is 7.06. The molecule has 1 aliphatic rings. The Morgan fingerprint density at radius 2 is 1.92 bits per heavy atom. The van der Waals surface area contributed by atoms with Crippen LogP contribution in [0.1, 0.15) is 25.8 Å². The van der Waals surface area contributed by atoms with Crippen LogP contribution in [0.4, 0.5) is 0 Å². The monoisotopic (exact) mass is 349 g/mol. The standard InChI is InChI=1S/C22H27N3O/c1-17-14-24(16-25-15-23-19-9-5-6-10-20(19)25)13-12-22(17,2)18-8-4-7-11-21(18)26-3/h4-11,15,17H,12-14,16H2,1-3H3/t17-,22+/m0/s1. The first-order valence-electron chi connectivity index (χ1n) is 9.37. The minimum Gasteiger partial charge on any atom is -0.496 e. The Morgan fingerprint density at radius 1 is 1.15 bits per heavy atom. The molecule has 0 unspecified atom stereocenters. The molecule has 4 nitrogen and oxygen atoms in total. The third kappa shape index (κ3) is 2.88. The van der Waals surface area contributed by atoms with Gasteiger partial charge in [-0.3, -0.25) is 4.90 Å². The molecule has 0 N–H and O–H groups in total. The van der Waals surface area contributed by atoms with Crippen molar-refractivity contribution in [3.8, 4) is 5.75 Å². The van der Waals surface area contributed by atoms with Crippen molar-refractivity contribution in [1.29, 1.82) is 0 Å². The predicted molar refractivity (Wildman–Crippen MR) is 105 cm³/mol. The Morgan fingerprint density at radius 3 is 2.73 bits per heavy atom. The summed E-state index contributed by atoms with van der Waals surface area (Å²) in [5.74, 6) is 1.55. The summed E-state index contributed by atoms with van der Waals surface area (Å²) in [5, 5.41) is 0. The molecular weight excluding hydrogens is 322 g/mol. The number of fused-ring (bicyclic) bond motifs is 1. The van der Waals surface area contributed by atoms with E-state index in [9.17, 15) is 0 Å². The highest BCUT2D eigenvalue weighted by Crippen LogP contribution is 2.43. The largest absolute Gasteiger partial charge is 0.496 e. The van der Waals surface area contributed by atoms with Crippen molar-refractivity contribution in [3.63, 3.8) is 0 Å². The molecule has 0 bridgehead atoms. The summed E-state index contributed by atoms with van der Waals surface area (Å²) in [6.07, 6.45) is 3.09. The number of aromatic nitrogens is 2. The molecule has 1 fully saturated rings. The first kappa shape index (κ1) is 17.1. The zero-order valence-electron chi connectivity index (χ0n) is 15.9. The van der Waals surface area contributed by atoms with Gasteiger partial charge in [0.25, 0.3) is 0 Å². The van der Waals surface area contributed by atoms with E-state index in [0.29, 0.717) is 5.92 Å². The number of imidazole rings is 1. The number of para-hydroxylation sites is 3. The predicted octanol–water partition coefficient (Wildman–Crippen LogP) is 4.30. The first-order valence-corrected chi connectivity index (χ1v) is 9.37. The maximum absolute atomic E-state index is 5.65. The van der Waals surface area contributed by atoms with E-state index in [0.717, 1.165) is 37.4 Å². The summed E-state index contributed by atoms with van der Waals surface area (Å²) in [5.41, 5.74) is 3.75. The summed E-state index contributed by atoms with van der Waals surface area (Å²) in [6.45, 7) is 7.80. The molecule has 0 radical (unpaired) electrons. The van der Waals surface area contributed by atoms with E-state index in [2.05, 4.69) is 70.8 Å². The Kier molecular flexibility index (Phi) is 4.45. The van der Waals surface area contributed by atoms with Gasteiger partial charge in [0.1, 0.15) is 5.75 Å². The van der Waals surface area contributed by atoms with Crippen LogP contribution in [0.25, 0.3) is 11.0 Å². The van der Waals surface area contributed by atoms with E-state index in [1.165, 1.54) is 11.1 Å². The molecular formula is C22H27N3O. The number of rotatable bonds is 4. The topological polar surface area (TPSA) is 30.3 Å². The number of ether oxygens (including phenoxy) is 1. The highest BCUT2D eigenvalue weighted by atomic mass is 16.5. The van der Waals surface area contributed by atoms with E-state index in [1.54, 1.807) is 7.11 Å². The van der Waals surface area contributed by atoms with Crippen molar-refractivity contribution in [2.75, 3.05) is 20.2 Å². The van der Waals surface area contributed by atoms with Crippen molar-refractivity contribution in [1.82, 2.24) is 14.5 Å². The molecule has 0 saturated carbocycles. The molecule has 4 heteroatoms. The molecule has 0 spiro atoms. The van der Waals surface area contributed by atoms with Crippen molar-refractivity contribution in [2.45, 2.75) is 32.4 Å². The molecule has 0 amide bonds. The first-order chi connectivity index (χ1) is 12.6. The molecule has 4 rings (SSSR count). The lowest BCUT2D eigenvalue weighted by molar-refractivity contribution is 0.0859. The number of methoxy groups -OCH3 is 1. The molecule has 136 valence electrons. The van der Waals surface area contributed by atoms with Crippen molar-refractivity contribution < 1.29 is 4.74 Å². The lowest BCUT2D eigenvalue weighted by Crippen LogP contribution is -2.47. The van der Waals surface area contributed by atoms with Crippen molar-refractivity contribution in [3.05, 3.63) is 60.4 Å². The maximum atomic E-state index is 5.65. The molecule has 26 heavy (non-hydrogen) atoms. The summed E-state index contributed by atoms with van der Waals surface area (Å²) in [7, 11) is 1.77. The van der Waals surface area contributed by atoms with E-state index < -0.39 is 0 Å². The van der Waals surface area contributed by atoms with E-state index in [-0.39, 0.29) is 5.41 Å². The third-order valence-electron chi connectivity index (χ3n) is 6.17. The molecule has 0 aliphatic carbocycles. The maximum Gasteiger partial charge on any atom is 0.122 e. The fraction of sp³-hybridized carbons (Fsp3) is 0.409. The lowest BCUT2D eigenvalue weighted by Gasteiger charge is -2.45. The Hall–Kier alpha value is -2.33. The SMILES string of the molecule is COc1ccccc1[C@]1(C)CCN(Cn2cnc3ccccc32)C[C@@H]1C. The smallest absolute Gasteiger partial charge is 0.122 e. The second-order valence-corrected chi connectivity index (χ2v) is 7.69. The van der Waals surface area contributed by atoms with Crippen LogP contribution in [-0.4, -0.2) is 34.7 Å². The van der Waals surface area contributed by atoms with Gasteiger partial charge in [-0.15, -0.1) is 0 Å². The van der Waals surface area contributed by atoms with Gasteiger partial charge in [0.2, 0.25) is 0 Å². The number of piperidine rings is 1. The van der Waals surface area contributed by atoms with Gasteiger partial charge in [-0.25, -0.2) is 4.98 Å². The molecule has 3 aromatic rings. The summed E-state index contributed by atoms with van der Waals surface area (Å²) in [6, 6.07) is 16.8. The van der Waals surface area contributed by atoms with Crippen LogP contribution < -0.4 is 4.74 Å². The third-order valence-corrected chi connectivity index (χ3v) is 6.17. The Balaban J connectivity index is 1.53. The number of hydrogen-bond acceptors (Lipinski definition) is 3. The quantitative estimate of drug-likeness (QED) is 0.703. The average Bonchev–Trinajstić information content (AvgIpc) is 3.08. The second kappa shape index (κ2) is 6.76. The number of nitrogens with zero attached hydrogens (tertiary/aromatic N) is 3. The lowest BCUT2D eigenvalue weighted by atomic mass is 9.68. The van der Waals surface area contributed by atoms with Crippen LogP contribution >= 0.6 is 0 Å². The number of benzene rings is 2. The average molecular weight is 349 g/mol. The minimum atomic E-state index is 0.139. The highest BCUT2D eigenvalue weighted by Gasteiger charge is 2.39. The van der Waals surface area contributed by atoms with Crippen LogP contribution in [-0.2, 0) is 12.1 Å². The Bertz CT molecular complexity index is 903. The zero-order valence-corrected chi connectivity index (χ0v) is 15.9. The number of hydrogen-bond donors (Lipinski definition) is 0. The molecule has 1 aromatic heterocycles. The highest BCUT2D eigenvalue weighted by molar-refractivity contribution is 5.74. The van der Waals surface area contributed by atoms with Crippen molar-refractivity contribution in [2.24, 2.45) is 5.92 Å². The van der Waals surface area contributed by atoms with Gasteiger partial charge in [-0.1, -0.05) is 44.2 Å². The van der Waals surface area contributed by atoms with Gasteiger partial charge >= 0.3 is 0 Å². The van der Waals surface area contributed by atoms with Gasteiger partial charge in [-0.2, -0.15) is 0 Å². The molecule has 1 saturated heterocycles. The Labute approximate surface area is 155 Å². The fourth-order valence-electron chi connectivity index (χ4n) is 4.30. The van der Waals surface area contributed by atoms with Crippen LogP contribution in [0, 0.1) is 5.92 Å². The fourth-order valence-corrected chi connectivity index (χ4v) is 4.30. The van der Waals surface area contributed by atoms with E-state index in [4.69, 9.17) is 4.74 Å². The van der Waals surface area contributed by atoms with Gasteiger partial charge in [0, 0.05) is 24.1 Å². The van der Waals surface area contributed by atoms with Crippen LogP contribution in [0.5, 0.6) is 5.75 Å². The zero-order chi connectivity index (χ0) is 18.1. The van der Waals surface area contributed by atoms with Gasteiger partial charge in [0.05, 0.1) is 31.1 Å². The normalized spacial score (nSPS) is 24.0. The summed E-state index contributed by atoms with van der Waals surface area (Å²) < 4.78 is 7.90.